The lowest BCUT2D eigenvalue weighted by Gasteiger charge is -2.38. The first-order valence-corrected chi connectivity index (χ1v) is 11.0. The predicted octanol–water partition coefficient (Wildman–Crippen LogP) is 3.95. The fourth-order valence-corrected chi connectivity index (χ4v) is 4.73. The Balaban J connectivity index is 1.76. The highest BCUT2D eigenvalue weighted by atomic mass is 35.5. The third-order valence-corrected chi connectivity index (χ3v) is 6.39. The lowest BCUT2D eigenvalue weighted by Crippen LogP contribution is -2.55. The number of phenolic OH excluding ortho intramolecular Hbond substituents is 1. The van der Waals surface area contributed by atoms with Crippen molar-refractivity contribution >= 4 is 29.3 Å². The molecule has 1 saturated heterocycles. The van der Waals surface area contributed by atoms with Gasteiger partial charge in [-0.15, -0.1) is 0 Å². The molecule has 0 bridgehead atoms. The van der Waals surface area contributed by atoms with Crippen molar-refractivity contribution < 1.29 is 29.2 Å². The summed E-state index contributed by atoms with van der Waals surface area (Å²) in [6.07, 6.45) is -0.935. The van der Waals surface area contributed by atoms with Crippen LogP contribution in [0, 0.1) is 0 Å². The molecule has 0 spiro atoms. The van der Waals surface area contributed by atoms with Crippen molar-refractivity contribution in [3.63, 3.8) is 0 Å². The first kappa shape index (κ1) is 22.8. The molecular formula is C22H24Cl2N2O6. The molecule has 2 aromatic rings. The van der Waals surface area contributed by atoms with E-state index in [-0.39, 0.29) is 30.0 Å². The van der Waals surface area contributed by atoms with Gasteiger partial charge in [-0.1, -0.05) is 29.3 Å². The minimum Gasteiger partial charge on any atom is -0.507 e. The summed E-state index contributed by atoms with van der Waals surface area (Å²) in [6, 6.07) is 6.59. The Morgan fingerprint density at radius 1 is 1.25 bits per heavy atom. The third-order valence-electron chi connectivity index (χ3n) is 5.72. The zero-order valence-corrected chi connectivity index (χ0v) is 19.0. The van der Waals surface area contributed by atoms with Crippen molar-refractivity contribution in [3.05, 3.63) is 39.9 Å². The molecule has 32 heavy (non-hydrogen) atoms. The van der Waals surface area contributed by atoms with Crippen molar-refractivity contribution in [1.82, 2.24) is 9.80 Å². The lowest BCUT2D eigenvalue weighted by molar-refractivity contribution is 0.0503. The molecule has 2 aromatic carbocycles. The van der Waals surface area contributed by atoms with Crippen LogP contribution in [0.1, 0.15) is 5.56 Å². The number of amides is 1. The highest BCUT2D eigenvalue weighted by molar-refractivity contribution is 6.38. The Morgan fingerprint density at radius 2 is 2.06 bits per heavy atom. The van der Waals surface area contributed by atoms with Gasteiger partial charge in [0.1, 0.15) is 30.5 Å². The first-order chi connectivity index (χ1) is 15.4. The van der Waals surface area contributed by atoms with E-state index in [1.165, 1.54) is 11.0 Å². The number of methoxy groups -OCH3 is 1. The molecule has 172 valence electrons. The van der Waals surface area contributed by atoms with Crippen LogP contribution in [0.2, 0.25) is 10.0 Å². The summed E-state index contributed by atoms with van der Waals surface area (Å²) in [5, 5.41) is 20.5. The normalized spacial score (nSPS) is 18.3. The van der Waals surface area contributed by atoms with Crippen molar-refractivity contribution in [1.29, 1.82) is 0 Å². The molecule has 0 unspecified atom stereocenters. The molecule has 0 aliphatic carbocycles. The van der Waals surface area contributed by atoms with Crippen LogP contribution >= 0.6 is 23.2 Å². The predicted molar refractivity (Wildman–Crippen MR) is 120 cm³/mol. The standard InChI is InChI=1S/C22H24Cl2N2O6/c1-30-7-8-31-17-9-13-10-25-5-6-26(22(28)29)11-14(25)12-32-21(13)20(24)19(17)18-15(23)3-2-4-16(18)27/h2-4,9,14,27H,5-8,10-12H2,1H3,(H,28,29)/t14-/m1/s1. The van der Waals surface area contributed by atoms with E-state index in [0.717, 1.165) is 5.56 Å². The monoisotopic (exact) mass is 482 g/mol. The summed E-state index contributed by atoms with van der Waals surface area (Å²) in [5.74, 6) is 0.913. The van der Waals surface area contributed by atoms with Crippen LogP contribution in [0.5, 0.6) is 17.2 Å². The number of aromatic hydroxyl groups is 1. The maximum Gasteiger partial charge on any atom is 0.407 e. The number of benzene rings is 2. The van der Waals surface area contributed by atoms with E-state index >= 15 is 0 Å². The number of carboxylic acid groups (broad SMARTS) is 1. The van der Waals surface area contributed by atoms with E-state index in [4.69, 9.17) is 37.4 Å². The third kappa shape index (κ3) is 4.41. The molecular weight excluding hydrogens is 459 g/mol. The van der Waals surface area contributed by atoms with E-state index in [1.54, 1.807) is 19.2 Å². The van der Waals surface area contributed by atoms with Gasteiger partial charge in [-0.2, -0.15) is 0 Å². The molecule has 8 nitrogen and oxygen atoms in total. The minimum atomic E-state index is -0.935. The largest absolute Gasteiger partial charge is 0.507 e. The van der Waals surface area contributed by atoms with Gasteiger partial charge in [0.05, 0.1) is 28.3 Å². The SMILES string of the molecule is COCCOc1cc2c(c(Cl)c1-c1c(O)cccc1Cl)OC[C@H]1CN(C(=O)O)CCN1C2. The molecule has 1 amide bonds. The van der Waals surface area contributed by atoms with E-state index in [9.17, 15) is 15.0 Å². The molecule has 0 radical (unpaired) electrons. The van der Waals surface area contributed by atoms with Crippen LogP contribution in [0.15, 0.2) is 24.3 Å². The number of ether oxygens (including phenoxy) is 3. The van der Waals surface area contributed by atoms with Gasteiger partial charge in [-0.05, 0) is 18.2 Å². The van der Waals surface area contributed by atoms with Gasteiger partial charge in [0.25, 0.3) is 0 Å². The van der Waals surface area contributed by atoms with Gasteiger partial charge in [-0.3, -0.25) is 4.90 Å². The number of piperazine rings is 1. The number of rotatable bonds is 5. The first-order valence-electron chi connectivity index (χ1n) is 10.2. The van der Waals surface area contributed by atoms with Crippen molar-refractivity contribution in [2.75, 3.05) is 46.6 Å². The van der Waals surface area contributed by atoms with Gasteiger partial charge >= 0.3 is 6.09 Å². The molecule has 2 aliphatic heterocycles. The second kappa shape index (κ2) is 9.62. The number of carbonyl (C=O) groups is 1. The molecule has 4 rings (SSSR count). The zero-order chi connectivity index (χ0) is 22.8. The van der Waals surface area contributed by atoms with E-state index in [0.29, 0.717) is 60.4 Å². The van der Waals surface area contributed by atoms with Crippen LogP contribution < -0.4 is 9.47 Å². The molecule has 0 aromatic heterocycles. The average molecular weight is 483 g/mol. The number of halogens is 2. The lowest BCUT2D eigenvalue weighted by atomic mass is 9.99. The molecule has 1 atom stereocenters. The van der Waals surface area contributed by atoms with Crippen LogP contribution in [0.3, 0.4) is 0 Å². The topological polar surface area (TPSA) is 91.7 Å². The summed E-state index contributed by atoms with van der Waals surface area (Å²) >= 11 is 13.3. The number of fused-ring (bicyclic) bond motifs is 2. The Labute approximate surface area is 195 Å². The molecule has 0 saturated carbocycles. The van der Waals surface area contributed by atoms with Crippen molar-refractivity contribution in [3.8, 4) is 28.4 Å². The fourth-order valence-electron chi connectivity index (χ4n) is 4.11. The summed E-state index contributed by atoms with van der Waals surface area (Å²) in [4.78, 5) is 15.0. The van der Waals surface area contributed by atoms with Gasteiger partial charge in [0.15, 0.2) is 0 Å². The van der Waals surface area contributed by atoms with E-state index in [2.05, 4.69) is 4.90 Å². The summed E-state index contributed by atoms with van der Waals surface area (Å²) < 4.78 is 17.2. The smallest absolute Gasteiger partial charge is 0.407 e. The second-order valence-electron chi connectivity index (χ2n) is 7.69. The molecule has 2 heterocycles. The van der Waals surface area contributed by atoms with Crippen molar-refractivity contribution in [2.24, 2.45) is 0 Å². The minimum absolute atomic E-state index is 0.0286. The van der Waals surface area contributed by atoms with Gasteiger partial charge in [0.2, 0.25) is 0 Å². The Kier molecular flexibility index (Phi) is 6.85. The number of hydrogen-bond donors (Lipinski definition) is 2. The summed E-state index contributed by atoms with van der Waals surface area (Å²) in [7, 11) is 1.58. The van der Waals surface area contributed by atoms with E-state index in [1.807, 2.05) is 6.07 Å². The Hall–Kier alpha value is -2.39. The maximum absolute atomic E-state index is 11.4. The maximum atomic E-state index is 11.4. The molecule has 10 heteroatoms. The van der Waals surface area contributed by atoms with Gasteiger partial charge in [0, 0.05) is 44.4 Å². The highest BCUT2D eigenvalue weighted by Gasteiger charge is 2.34. The second-order valence-corrected chi connectivity index (χ2v) is 8.48. The highest BCUT2D eigenvalue weighted by Crippen LogP contribution is 2.50. The zero-order valence-electron chi connectivity index (χ0n) is 17.5. The van der Waals surface area contributed by atoms with Crippen LogP contribution in [-0.4, -0.2) is 78.7 Å². The molecule has 2 N–H and O–H groups in total. The summed E-state index contributed by atoms with van der Waals surface area (Å²) in [6.45, 7) is 2.85. The van der Waals surface area contributed by atoms with Gasteiger partial charge < -0.3 is 29.3 Å². The average Bonchev–Trinajstić information content (AvgIpc) is 2.94. The van der Waals surface area contributed by atoms with Crippen LogP contribution in [0.25, 0.3) is 11.1 Å². The van der Waals surface area contributed by atoms with Crippen molar-refractivity contribution in [2.45, 2.75) is 12.6 Å². The Bertz CT molecular complexity index is 998. The number of hydrogen-bond acceptors (Lipinski definition) is 6. The fraction of sp³-hybridized carbons (Fsp3) is 0.409. The van der Waals surface area contributed by atoms with Crippen LogP contribution in [-0.2, 0) is 11.3 Å². The van der Waals surface area contributed by atoms with E-state index < -0.39 is 6.09 Å². The van der Waals surface area contributed by atoms with Crippen LogP contribution in [0.4, 0.5) is 4.79 Å². The quantitative estimate of drug-likeness (QED) is 0.623. The molecule has 1 fully saturated rings. The number of phenols is 1. The Morgan fingerprint density at radius 3 is 2.78 bits per heavy atom. The summed E-state index contributed by atoms with van der Waals surface area (Å²) in [5.41, 5.74) is 1.62. The van der Waals surface area contributed by atoms with Gasteiger partial charge in [-0.25, -0.2) is 4.79 Å². The molecule has 2 aliphatic rings. The number of nitrogens with zero attached hydrogens (tertiary/aromatic N) is 2.